The molecule has 2 aliphatic rings. The lowest BCUT2D eigenvalue weighted by molar-refractivity contribution is -0.0449. The average Bonchev–Trinajstić information content (AvgIpc) is 2.40. The maximum atomic E-state index is 5.79. The predicted octanol–water partition coefficient (Wildman–Crippen LogP) is 2.15. The van der Waals surface area contributed by atoms with Gasteiger partial charge >= 0.3 is 0 Å². The largest absolute Gasteiger partial charge is 0.378 e. The zero-order valence-corrected chi connectivity index (χ0v) is 11.2. The Balaban J connectivity index is 1.92. The highest BCUT2D eigenvalue weighted by atomic mass is 16.5. The van der Waals surface area contributed by atoms with Gasteiger partial charge in [-0.1, -0.05) is 13.3 Å². The summed E-state index contributed by atoms with van der Waals surface area (Å²) in [6.07, 6.45) is 9.39. The topological polar surface area (TPSA) is 38.5 Å². The smallest absolute Gasteiger partial charge is 0.0587 e. The van der Waals surface area contributed by atoms with Crippen molar-refractivity contribution in [3.05, 3.63) is 0 Å². The van der Waals surface area contributed by atoms with E-state index in [9.17, 15) is 0 Å². The van der Waals surface area contributed by atoms with Crippen molar-refractivity contribution in [2.45, 2.75) is 70.1 Å². The average molecular weight is 240 g/mol. The number of rotatable bonds is 4. The lowest BCUT2D eigenvalue weighted by atomic mass is 9.92. The Hall–Kier alpha value is -0.120. The second-order valence-corrected chi connectivity index (χ2v) is 5.54. The molecule has 2 N–H and O–H groups in total. The lowest BCUT2D eigenvalue weighted by Crippen LogP contribution is -2.50. The zero-order valence-electron chi connectivity index (χ0n) is 11.2. The van der Waals surface area contributed by atoms with Gasteiger partial charge in [0.25, 0.3) is 0 Å². The van der Waals surface area contributed by atoms with E-state index in [-0.39, 0.29) is 0 Å². The van der Waals surface area contributed by atoms with Gasteiger partial charge in [-0.25, -0.2) is 0 Å². The Labute approximate surface area is 106 Å². The van der Waals surface area contributed by atoms with E-state index in [0.29, 0.717) is 6.10 Å². The standard InChI is InChI=1S/C14H28N2O/c1-2-14-11-13(7-10-17-14)16-9-4-3-5-12(16)6-8-15/h12-14H,2-11,15H2,1H3. The number of nitrogens with two attached hydrogens (primary N) is 1. The van der Waals surface area contributed by atoms with Gasteiger partial charge in [-0.3, -0.25) is 4.90 Å². The van der Waals surface area contributed by atoms with Gasteiger partial charge in [0.1, 0.15) is 0 Å². The first-order valence-electron chi connectivity index (χ1n) is 7.42. The van der Waals surface area contributed by atoms with Crippen LogP contribution < -0.4 is 5.73 Å². The summed E-state index contributed by atoms with van der Waals surface area (Å²) in [6, 6.07) is 1.50. The van der Waals surface area contributed by atoms with Crippen LogP contribution >= 0.6 is 0 Å². The van der Waals surface area contributed by atoms with E-state index in [1.165, 1.54) is 45.1 Å². The molecular weight excluding hydrogens is 212 g/mol. The molecule has 100 valence electrons. The first kappa shape index (κ1) is 13.3. The molecule has 3 nitrogen and oxygen atoms in total. The van der Waals surface area contributed by atoms with Crippen LogP contribution in [0.4, 0.5) is 0 Å². The van der Waals surface area contributed by atoms with Crippen LogP contribution in [0.15, 0.2) is 0 Å². The van der Waals surface area contributed by atoms with Crippen molar-refractivity contribution >= 4 is 0 Å². The number of piperidine rings is 1. The van der Waals surface area contributed by atoms with Crippen molar-refractivity contribution in [1.29, 1.82) is 0 Å². The van der Waals surface area contributed by atoms with Gasteiger partial charge in [-0.05, 0) is 51.6 Å². The summed E-state index contributed by atoms with van der Waals surface area (Å²) >= 11 is 0. The van der Waals surface area contributed by atoms with Crippen molar-refractivity contribution in [3.8, 4) is 0 Å². The van der Waals surface area contributed by atoms with Crippen molar-refractivity contribution in [2.24, 2.45) is 5.73 Å². The molecule has 0 aromatic heterocycles. The van der Waals surface area contributed by atoms with Crippen LogP contribution in [0.3, 0.4) is 0 Å². The van der Waals surface area contributed by atoms with Gasteiger partial charge in [0.15, 0.2) is 0 Å². The molecule has 0 aromatic rings. The van der Waals surface area contributed by atoms with Gasteiger partial charge in [-0.2, -0.15) is 0 Å². The first-order valence-corrected chi connectivity index (χ1v) is 7.42. The third-order valence-electron chi connectivity index (χ3n) is 4.44. The second-order valence-electron chi connectivity index (χ2n) is 5.54. The Bertz CT molecular complexity index is 220. The van der Waals surface area contributed by atoms with E-state index in [0.717, 1.165) is 31.7 Å². The first-order chi connectivity index (χ1) is 8.35. The summed E-state index contributed by atoms with van der Waals surface area (Å²) in [7, 11) is 0. The number of likely N-dealkylation sites (tertiary alicyclic amines) is 1. The molecule has 2 aliphatic heterocycles. The summed E-state index contributed by atoms with van der Waals surface area (Å²) in [5.41, 5.74) is 5.75. The Kier molecular flexibility index (Phi) is 5.26. The van der Waals surface area contributed by atoms with Gasteiger partial charge < -0.3 is 10.5 Å². The third-order valence-corrected chi connectivity index (χ3v) is 4.44. The van der Waals surface area contributed by atoms with Crippen LogP contribution in [0, 0.1) is 0 Å². The molecule has 0 aromatic carbocycles. The minimum atomic E-state index is 0.495. The summed E-state index contributed by atoms with van der Waals surface area (Å²) in [6.45, 7) is 5.31. The number of nitrogens with zero attached hydrogens (tertiary/aromatic N) is 1. The van der Waals surface area contributed by atoms with Crippen molar-refractivity contribution in [2.75, 3.05) is 19.7 Å². The maximum Gasteiger partial charge on any atom is 0.0587 e. The fourth-order valence-corrected chi connectivity index (χ4v) is 3.45. The monoisotopic (exact) mass is 240 g/mol. The normalized spacial score (nSPS) is 36.0. The Morgan fingerprint density at radius 2 is 2.18 bits per heavy atom. The molecule has 2 fully saturated rings. The van der Waals surface area contributed by atoms with E-state index in [2.05, 4.69) is 11.8 Å². The SMILES string of the molecule is CCC1CC(N2CCCCC2CCN)CCO1. The fourth-order valence-electron chi connectivity index (χ4n) is 3.45. The third kappa shape index (κ3) is 3.43. The van der Waals surface area contributed by atoms with Crippen molar-refractivity contribution in [1.82, 2.24) is 4.90 Å². The molecule has 0 radical (unpaired) electrons. The molecule has 17 heavy (non-hydrogen) atoms. The molecular formula is C14H28N2O. The van der Waals surface area contributed by atoms with Crippen LogP contribution in [0.1, 0.15) is 51.9 Å². The summed E-state index contributed by atoms with van der Waals surface area (Å²) < 4.78 is 5.79. The lowest BCUT2D eigenvalue weighted by Gasteiger charge is -2.44. The zero-order chi connectivity index (χ0) is 12.1. The quantitative estimate of drug-likeness (QED) is 0.818. The van der Waals surface area contributed by atoms with E-state index in [4.69, 9.17) is 10.5 Å². The van der Waals surface area contributed by atoms with Crippen LogP contribution in [-0.4, -0.2) is 42.8 Å². The Morgan fingerprint density at radius 1 is 1.29 bits per heavy atom. The molecule has 0 saturated carbocycles. The minimum Gasteiger partial charge on any atom is -0.378 e. The molecule has 0 bridgehead atoms. The highest BCUT2D eigenvalue weighted by Crippen LogP contribution is 2.28. The van der Waals surface area contributed by atoms with Crippen LogP contribution in [0.5, 0.6) is 0 Å². The number of hydrogen-bond donors (Lipinski definition) is 1. The molecule has 0 spiro atoms. The van der Waals surface area contributed by atoms with E-state index < -0.39 is 0 Å². The number of hydrogen-bond acceptors (Lipinski definition) is 3. The number of ether oxygens (including phenoxy) is 1. The molecule has 3 unspecified atom stereocenters. The fraction of sp³-hybridized carbons (Fsp3) is 1.00. The predicted molar refractivity (Wildman–Crippen MR) is 71.1 cm³/mol. The second kappa shape index (κ2) is 6.72. The molecule has 0 aliphatic carbocycles. The molecule has 3 heteroatoms. The summed E-state index contributed by atoms with van der Waals surface area (Å²) in [5.74, 6) is 0. The summed E-state index contributed by atoms with van der Waals surface area (Å²) in [5, 5.41) is 0. The molecule has 0 amide bonds. The van der Waals surface area contributed by atoms with Crippen molar-refractivity contribution < 1.29 is 4.74 Å². The van der Waals surface area contributed by atoms with E-state index >= 15 is 0 Å². The van der Waals surface area contributed by atoms with Crippen LogP contribution in [-0.2, 0) is 4.74 Å². The minimum absolute atomic E-state index is 0.495. The van der Waals surface area contributed by atoms with E-state index in [1.807, 2.05) is 0 Å². The van der Waals surface area contributed by atoms with Gasteiger partial charge in [0.2, 0.25) is 0 Å². The van der Waals surface area contributed by atoms with Gasteiger partial charge in [0.05, 0.1) is 6.10 Å². The molecule has 2 heterocycles. The summed E-state index contributed by atoms with van der Waals surface area (Å²) in [4.78, 5) is 2.75. The van der Waals surface area contributed by atoms with Gasteiger partial charge in [0, 0.05) is 18.7 Å². The molecule has 3 atom stereocenters. The van der Waals surface area contributed by atoms with E-state index in [1.54, 1.807) is 0 Å². The molecule has 2 rings (SSSR count). The Morgan fingerprint density at radius 3 is 2.94 bits per heavy atom. The van der Waals surface area contributed by atoms with Crippen LogP contribution in [0.2, 0.25) is 0 Å². The van der Waals surface area contributed by atoms with Crippen molar-refractivity contribution in [3.63, 3.8) is 0 Å². The van der Waals surface area contributed by atoms with Gasteiger partial charge in [-0.15, -0.1) is 0 Å². The highest BCUT2D eigenvalue weighted by Gasteiger charge is 2.31. The van der Waals surface area contributed by atoms with Crippen LogP contribution in [0.25, 0.3) is 0 Å². The highest BCUT2D eigenvalue weighted by molar-refractivity contribution is 4.86. The maximum absolute atomic E-state index is 5.79. The molecule has 2 saturated heterocycles.